The highest BCUT2D eigenvalue weighted by Crippen LogP contribution is 2.29. The maximum Gasteiger partial charge on any atom is 0.310 e. The number of aliphatic carboxylic acids is 1. The molecule has 0 aliphatic heterocycles. The predicted octanol–water partition coefficient (Wildman–Crippen LogP) is 3.43. The molecule has 0 spiro atoms. The number of carboxylic acid groups (broad SMARTS) is 1. The van der Waals surface area contributed by atoms with Gasteiger partial charge in [0, 0.05) is 0 Å². The number of aliphatic hydroxyl groups is 1. The van der Waals surface area contributed by atoms with Crippen LogP contribution in [0.3, 0.4) is 0 Å². The van der Waals surface area contributed by atoms with Crippen LogP contribution < -0.4 is 4.74 Å². The first kappa shape index (κ1) is 16.0. The molecule has 2 aromatic rings. The lowest BCUT2D eigenvalue weighted by molar-refractivity contribution is -0.138. The van der Waals surface area contributed by atoms with Crippen LogP contribution in [0.1, 0.15) is 30.4 Å². The van der Waals surface area contributed by atoms with Gasteiger partial charge in [-0.25, -0.2) is 0 Å². The number of methoxy groups -OCH3 is 1. The van der Waals surface area contributed by atoms with E-state index in [1.165, 1.54) is 0 Å². The number of hydrogen-bond acceptors (Lipinski definition) is 3. The Balaban J connectivity index is 2.36. The molecule has 116 valence electrons. The first-order valence-corrected chi connectivity index (χ1v) is 7.21. The molecule has 22 heavy (non-hydrogen) atoms. The molecule has 0 fully saturated rings. The number of rotatable bonds is 6. The van der Waals surface area contributed by atoms with Gasteiger partial charge in [0.1, 0.15) is 5.75 Å². The van der Waals surface area contributed by atoms with Crippen LogP contribution in [0.25, 0.3) is 11.1 Å². The van der Waals surface area contributed by atoms with E-state index in [9.17, 15) is 15.0 Å². The Kier molecular flexibility index (Phi) is 5.17. The van der Waals surface area contributed by atoms with Crippen LogP contribution >= 0.6 is 0 Å². The molecule has 4 nitrogen and oxygen atoms in total. The zero-order chi connectivity index (χ0) is 16.1. The van der Waals surface area contributed by atoms with Gasteiger partial charge in [-0.3, -0.25) is 4.79 Å². The van der Waals surface area contributed by atoms with Crippen LogP contribution in [0, 0.1) is 0 Å². The van der Waals surface area contributed by atoms with Crippen molar-refractivity contribution in [3.8, 4) is 16.9 Å². The average molecular weight is 300 g/mol. The average Bonchev–Trinajstić information content (AvgIpc) is 2.55. The second kappa shape index (κ2) is 7.09. The first-order valence-electron chi connectivity index (χ1n) is 7.21. The number of carboxylic acids is 1. The molecular weight excluding hydrogens is 280 g/mol. The van der Waals surface area contributed by atoms with Gasteiger partial charge in [-0.1, -0.05) is 37.3 Å². The van der Waals surface area contributed by atoms with Crippen molar-refractivity contribution in [2.24, 2.45) is 0 Å². The van der Waals surface area contributed by atoms with Crippen LogP contribution in [0.2, 0.25) is 0 Å². The van der Waals surface area contributed by atoms with Crippen molar-refractivity contribution in [1.29, 1.82) is 0 Å². The normalized spacial score (nSPS) is 12.0. The number of carbonyl (C=O) groups is 1. The lowest BCUT2D eigenvalue weighted by atomic mass is 9.93. The van der Waals surface area contributed by atoms with Gasteiger partial charge in [0.25, 0.3) is 0 Å². The summed E-state index contributed by atoms with van der Waals surface area (Å²) >= 11 is 0. The van der Waals surface area contributed by atoms with Crippen molar-refractivity contribution in [3.63, 3.8) is 0 Å². The molecule has 0 radical (unpaired) electrons. The fraction of sp³-hybridized carbons (Fsp3) is 0.278. The van der Waals surface area contributed by atoms with E-state index in [1.54, 1.807) is 13.2 Å². The van der Waals surface area contributed by atoms with Gasteiger partial charge in [-0.2, -0.15) is 0 Å². The predicted molar refractivity (Wildman–Crippen MR) is 85.0 cm³/mol. The van der Waals surface area contributed by atoms with Crippen molar-refractivity contribution in [3.05, 3.63) is 53.6 Å². The number of aliphatic hydroxyl groups excluding tert-OH is 1. The van der Waals surface area contributed by atoms with E-state index in [4.69, 9.17) is 4.74 Å². The van der Waals surface area contributed by atoms with Crippen LogP contribution in [-0.4, -0.2) is 23.3 Å². The quantitative estimate of drug-likeness (QED) is 0.857. The Labute approximate surface area is 130 Å². The highest BCUT2D eigenvalue weighted by Gasteiger charge is 2.17. The van der Waals surface area contributed by atoms with E-state index < -0.39 is 11.9 Å². The number of benzene rings is 2. The molecule has 0 amide bonds. The van der Waals surface area contributed by atoms with Gasteiger partial charge < -0.3 is 14.9 Å². The summed E-state index contributed by atoms with van der Waals surface area (Å²) in [5, 5.41) is 18.7. The molecule has 2 rings (SSSR count). The second-order valence-corrected chi connectivity index (χ2v) is 5.10. The van der Waals surface area contributed by atoms with E-state index in [0.717, 1.165) is 22.3 Å². The summed E-state index contributed by atoms with van der Waals surface area (Å²) in [5.74, 6) is -0.598. The Morgan fingerprint density at radius 1 is 1.18 bits per heavy atom. The van der Waals surface area contributed by atoms with Crippen molar-refractivity contribution in [2.75, 3.05) is 7.11 Å². The summed E-state index contributed by atoms with van der Waals surface area (Å²) in [6.07, 6.45) is 0.555. The third-order valence-electron chi connectivity index (χ3n) is 3.81. The van der Waals surface area contributed by atoms with Crippen molar-refractivity contribution in [1.82, 2.24) is 0 Å². The van der Waals surface area contributed by atoms with Crippen molar-refractivity contribution in [2.45, 2.75) is 25.9 Å². The van der Waals surface area contributed by atoms with Crippen LogP contribution in [-0.2, 0) is 11.4 Å². The molecule has 1 atom stereocenters. The van der Waals surface area contributed by atoms with Gasteiger partial charge >= 0.3 is 5.97 Å². The van der Waals surface area contributed by atoms with Crippen LogP contribution in [0.15, 0.2) is 42.5 Å². The van der Waals surface area contributed by atoms with Crippen molar-refractivity contribution >= 4 is 5.97 Å². The van der Waals surface area contributed by atoms with Crippen molar-refractivity contribution < 1.29 is 19.7 Å². The van der Waals surface area contributed by atoms with Gasteiger partial charge in [-0.15, -0.1) is 0 Å². The Bertz CT molecular complexity index is 647. The number of hydrogen-bond donors (Lipinski definition) is 2. The van der Waals surface area contributed by atoms with Gasteiger partial charge in [0.2, 0.25) is 0 Å². The van der Waals surface area contributed by atoms with Crippen LogP contribution in [0.4, 0.5) is 0 Å². The maximum atomic E-state index is 11.2. The summed E-state index contributed by atoms with van der Waals surface area (Å²) < 4.78 is 5.16. The second-order valence-electron chi connectivity index (χ2n) is 5.10. The topological polar surface area (TPSA) is 66.8 Å². The molecule has 0 saturated heterocycles. The molecule has 1 unspecified atom stereocenters. The zero-order valence-electron chi connectivity index (χ0n) is 12.7. The standard InChI is InChI=1S/C18H20O4/c1-3-16(18(20)21)12-4-6-13(7-5-12)17-9-8-15(22-2)10-14(17)11-19/h4-10,16,19H,3,11H2,1-2H3,(H,20,21). The minimum atomic E-state index is -0.809. The lowest BCUT2D eigenvalue weighted by Crippen LogP contribution is -2.10. The molecule has 2 aromatic carbocycles. The fourth-order valence-corrected chi connectivity index (χ4v) is 2.56. The molecule has 0 aliphatic rings. The molecule has 0 saturated carbocycles. The summed E-state index contributed by atoms with van der Waals surface area (Å²) in [6.45, 7) is 1.78. The molecule has 2 N–H and O–H groups in total. The van der Waals surface area contributed by atoms with E-state index in [0.29, 0.717) is 12.2 Å². The molecule has 0 aromatic heterocycles. The third kappa shape index (κ3) is 3.28. The Morgan fingerprint density at radius 3 is 2.36 bits per heavy atom. The highest BCUT2D eigenvalue weighted by atomic mass is 16.5. The van der Waals surface area contributed by atoms with Gasteiger partial charge in [-0.05, 0) is 40.8 Å². The monoisotopic (exact) mass is 300 g/mol. The minimum absolute atomic E-state index is 0.0823. The molecule has 0 bridgehead atoms. The third-order valence-corrected chi connectivity index (χ3v) is 3.81. The summed E-state index contributed by atoms with van der Waals surface area (Å²) in [7, 11) is 1.59. The molecular formula is C18H20O4. The van der Waals surface area contributed by atoms with E-state index in [1.807, 2.05) is 43.3 Å². The SMILES string of the molecule is CCC(C(=O)O)c1ccc(-c2ccc(OC)cc2CO)cc1. The largest absolute Gasteiger partial charge is 0.497 e. The minimum Gasteiger partial charge on any atom is -0.497 e. The maximum absolute atomic E-state index is 11.2. The first-order chi connectivity index (χ1) is 10.6. The molecule has 0 heterocycles. The Morgan fingerprint density at radius 2 is 1.86 bits per heavy atom. The highest BCUT2D eigenvalue weighted by molar-refractivity contribution is 5.77. The van der Waals surface area contributed by atoms with E-state index in [-0.39, 0.29) is 6.61 Å². The van der Waals surface area contributed by atoms with Gasteiger partial charge in [0.05, 0.1) is 19.6 Å². The summed E-state index contributed by atoms with van der Waals surface area (Å²) in [6, 6.07) is 13.0. The van der Waals surface area contributed by atoms with Gasteiger partial charge in [0.15, 0.2) is 0 Å². The van der Waals surface area contributed by atoms with E-state index >= 15 is 0 Å². The smallest absolute Gasteiger partial charge is 0.310 e. The Hall–Kier alpha value is -2.33. The van der Waals surface area contributed by atoms with E-state index in [2.05, 4.69) is 0 Å². The summed E-state index contributed by atoms with van der Waals surface area (Å²) in [5.41, 5.74) is 3.42. The molecule has 4 heteroatoms. The summed E-state index contributed by atoms with van der Waals surface area (Å²) in [4.78, 5) is 11.2. The fourth-order valence-electron chi connectivity index (χ4n) is 2.56. The zero-order valence-corrected chi connectivity index (χ0v) is 12.7. The number of ether oxygens (including phenoxy) is 1. The van der Waals surface area contributed by atoms with Crippen LogP contribution in [0.5, 0.6) is 5.75 Å². The lowest BCUT2D eigenvalue weighted by Gasteiger charge is -2.13. The molecule has 0 aliphatic carbocycles.